The Morgan fingerprint density at radius 2 is 1.90 bits per heavy atom. The molecule has 162 valence electrons. The van der Waals surface area contributed by atoms with Crippen molar-refractivity contribution in [1.82, 2.24) is 10.2 Å². The molecule has 0 aliphatic carbocycles. The number of nitrogens with zero attached hydrogens (tertiary/aromatic N) is 1. The molecule has 0 spiro atoms. The van der Waals surface area contributed by atoms with Gasteiger partial charge in [0.15, 0.2) is 11.5 Å². The zero-order valence-corrected chi connectivity index (χ0v) is 19.1. The summed E-state index contributed by atoms with van der Waals surface area (Å²) in [5.41, 5.74) is 3.42. The van der Waals surface area contributed by atoms with E-state index in [1.807, 2.05) is 30.3 Å². The molecule has 1 N–H and O–H groups in total. The molecule has 0 bridgehead atoms. The van der Waals surface area contributed by atoms with Crippen molar-refractivity contribution in [2.24, 2.45) is 0 Å². The lowest BCUT2D eigenvalue weighted by Crippen LogP contribution is -2.42. The minimum Gasteiger partial charge on any atom is -0.493 e. The fourth-order valence-electron chi connectivity index (χ4n) is 3.99. The van der Waals surface area contributed by atoms with Crippen LogP contribution in [0, 0.1) is 0 Å². The monoisotopic (exact) mass is 456 g/mol. The zero-order valence-electron chi connectivity index (χ0n) is 17.6. The molecule has 1 aliphatic heterocycles. The number of halogens is 1. The SMILES string of the molecule is COc1cc2c(cc1OC)C(c1cccs1)N(CC(=O)NCc1ccc(Cl)cc1)CC2. The van der Waals surface area contributed by atoms with E-state index in [1.165, 1.54) is 10.4 Å². The molecule has 0 saturated heterocycles. The number of carbonyl (C=O) groups is 1. The Morgan fingerprint density at radius 1 is 1.16 bits per heavy atom. The summed E-state index contributed by atoms with van der Waals surface area (Å²) in [4.78, 5) is 16.2. The first kappa shape index (κ1) is 21.7. The van der Waals surface area contributed by atoms with Gasteiger partial charge in [0.1, 0.15) is 0 Å². The summed E-state index contributed by atoms with van der Waals surface area (Å²) < 4.78 is 11.0. The lowest BCUT2D eigenvalue weighted by Gasteiger charge is -2.37. The Bertz CT molecular complexity index is 1040. The molecule has 1 unspecified atom stereocenters. The van der Waals surface area contributed by atoms with E-state index in [1.54, 1.807) is 25.6 Å². The number of hydrogen-bond donors (Lipinski definition) is 1. The van der Waals surface area contributed by atoms with E-state index in [0.717, 1.165) is 29.8 Å². The van der Waals surface area contributed by atoms with Gasteiger partial charge in [0, 0.05) is 23.0 Å². The minimum atomic E-state index is 0.000401. The number of nitrogens with one attached hydrogen (secondary N) is 1. The highest BCUT2D eigenvalue weighted by molar-refractivity contribution is 7.10. The highest BCUT2D eigenvalue weighted by Gasteiger charge is 2.32. The Balaban J connectivity index is 1.55. The van der Waals surface area contributed by atoms with Crippen LogP contribution in [0.25, 0.3) is 0 Å². The van der Waals surface area contributed by atoms with E-state index in [0.29, 0.717) is 23.9 Å². The molecule has 1 amide bonds. The summed E-state index contributed by atoms with van der Waals surface area (Å²) in [6.07, 6.45) is 0.849. The van der Waals surface area contributed by atoms with Crippen molar-refractivity contribution in [3.8, 4) is 11.5 Å². The highest BCUT2D eigenvalue weighted by Crippen LogP contribution is 2.42. The van der Waals surface area contributed by atoms with Crippen LogP contribution in [0.3, 0.4) is 0 Å². The molecular formula is C24H25ClN2O3S. The maximum atomic E-state index is 12.8. The topological polar surface area (TPSA) is 50.8 Å². The van der Waals surface area contributed by atoms with Gasteiger partial charge in [0.05, 0.1) is 26.8 Å². The number of benzene rings is 2. The smallest absolute Gasteiger partial charge is 0.234 e. The Kier molecular flexibility index (Phi) is 6.80. The van der Waals surface area contributed by atoms with Crippen molar-refractivity contribution in [3.05, 3.63) is 80.5 Å². The van der Waals surface area contributed by atoms with Crippen molar-refractivity contribution in [2.45, 2.75) is 19.0 Å². The van der Waals surface area contributed by atoms with E-state index < -0.39 is 0 Å². The second kappa shape index (κ2) is 9.73. The van der Waals surface area contributed by atoms with Crippen molar-refractivity contribution in [1.29, 1.82) is 0 Å². The molecule has 31 heavy (non-hydrogen) atoms. The van der Waals surface area contributed by atoms with Gasteiger partial charge in [-0.25, -0.2) is 0 Å². The van der Waals surface area contributed by atoms with Crippen LogP contribution >= 0.6 is 22.9 Å². The van der Waals surface area contributed by atoms with Crippen molar-refractivity contribution in [2.75, 3.05) is 27.3 Å². The predicted molar refractivity (Wildman–Crippen MR) is 124 cm³/mol. The third-order valence-electron chi connectivity index (χ3n) is 5.54. The van der Waals surface area contributed by atoms with Gasteiger partial charge in [-0.2, -0.15) is 0 Å². The Labute approximate surface area is 191 Å². The third kappa shape index (κ3) is 4.87. The van der Waals surface area contributed by atoms with E-state index in [9.17, 15) is 4.79 Å². The molecule has 2 aromatic carbocycles. The summed E-state index contributed by atoms with van der Waals surface area (Å²) in [7, 11) is 3.30. The predicted octanol–water partition coefficient (Wildman–Crippen LogP) is 4.68. The molecular weight excluding hydrogens is 432 g/mol. The second-order valence-electron chi connectivity index (χ2n) is 7.45. The molecule has 0 fully saturated rings. The molecule has 1 atom stereocenters. The Morgan fingerprint density at radius 3 is 2.58 bits per heavy atom. The van der Waals surface area contributed by atoms with Gasteiger partial charge in [0.25, 0.3) is 0 Å². The van der Waals surface area contributed by atoms with Crippen LogP contribution in [-0.2, 0) is 17.8 Å². The van der Waals surface area contributed by atoms with Gasteiger partial charge in [-0.15, -0.1) is 11.3 Å². The minimum absolute atomic E-state index is 0.000401. The van der Waals surface area contributed by atoms with Gasteiger partial charge in [-0.05, 0) is 58.8 Å². The molecule has 1 aliphatic rings. The molecule has 1 aromatic heterocycles. The van der Waals surface area contributed by atoms with Crippen LogP contribution in [0.15, 0.2) is 53.9 Å². The quantitative estimate of drug-likeness (QED) is 0.560. The lowest BCUT2D eigenvalue weighted by molar-refractivity contribution is -0.122. The second-order valence-corrected chi connectivity index (χ2v) is 8.86. The number of hydrogen-bond acceptors (Lipinski definition) is 5. The summed E-state index contributed by atoms with van der Waals surface area (Å²) in [5, 5.41) is 5.79. The standard InChI is InChI=1S/C24H25ClN2O3S/c1-29-20-12-17-9-10-27(15-23(28)26-14-16-5-7-18(25)8-6-16)24(22-4-3-11-31-22)19(17)13-21(20)30-2/h3-8,11-13,24H,9-10,14-15H2,1-2H3,(H,26,28). The van der Waals surface area contributed by atoms with Gasteiger partial charge < -0.3 is 14.8 Å². The summed E-state index contributed by atoms with van der Waals surface area (Å²) in [6, 6.07) is 15.8. The number of thiophene rings is 1. The number of amides is 1. The number of methoxy groups -OCH3 is 2. The lowest BCUT2D eigenvalue weighted by atomic mass is 9.91. The average molecular weight is 457 g/mol. The van der Waals surface area contributed by atoms with Crippen LogP contribution < -0.4 is 14.8 Å². The van der Waals surface area contributed by atoms with Gasteiger partial charge in [-0.3, -0.25) is 9.69 Å². The maximum absolute atomic E-state index is 12.8. The molecule has 0 saturated carbocycles. The van der Waals surface area contributed by atoms with Gasteiger partial charge in [-0.1, -0.05) is 29.8 Å². The Hall–Kier alpha value is -2.54. The normalized spacial score (nSPS) is 15.9. The van der Waals surface area contributed by atoms with Crippen molar-refractivity contribution >= 4 is 28.8 Å². The van der Waals surface area contributed by atoms with Gasteiger partial charge >= 0.3 is 0 Å². The van der Waals surface area contributed by atoms with Crippen LogP contribution in [0.2, 0.25) is 5.02 Å². The van der Waals surface area contributed by atoms with E-state index >= 15 is 0 Å². The molecule has 4 rings (SSSR count). The highest BCUT2D eigenvalue weighted by atomic mass is 35.5. The average Bonchev–Trinajstić information content (AvgIpc) is 3.32. The van der Waals surface area contributed by atoms with Crippen LogP contribution in [0.1, 0.15) is 27.6 Å². The number of ether oxygens (including phenoxy) is 2. The maximum Gasteiger partial charge on any atom is 0.234 e. The first-order chi connectivity index (χ1) is 15.1. The molecule has 7 heteroatoms. The van der Waals surface area contributed by atoms with Crippen LogP contribution in [0.4, 0.5) is 0 Å². The van der Waals surface area contributed by atoms with E-state index in [2.05, 4.69) is 33.8 Å². The summed E-state index contributed by atoms with van der Waals surface area (Å²) in [6.45, 7) is 1.60. The van der Waals surface area contributed by atoms with Crippen LogP contribution in [-0.4, -0.2) is 38.1 Å². The number of rotatable bonds is 7. The molecule has 0 radical (unpaired) electrons. The first-order valence-corrected chi connectivity index (χ1v) is 11.4. The zero-order chi connectivity index (χ0) is 21.8. The van der Waals surface area contributed by atoms with E-state index in [4.69, 9.17) is 21.1 Å². The largest absolute Gasteiger partial charge is 0.493 e. The fourth-order valence-corrected chi connectivity index (χ4v) is 4.99. The van der Waals surface area contributed by atoms with Crippen molar-refractivity contribution in [3.63, 3.8) is 0 Å². The van der Waals surface area contributed by atoms with Gasteiger partial charge in [0.2, 0.25) is 5.91 Å². The summed E-state index contributed by atoms with van der Waals surface area (Å²) >= 11 is 7.64. The molecule has 2 heterocycles. The number of fused-ring (bicyclic) bond motifs is 1. The molecule has 5 nitrogen and oxygen atoms in total. The van der Waals surface area contributed by atoms with Crippen molar-refractivity contribution < 1.29 is 14.3 Å². The van der Waals surface area contributed by atoms with E-state index in [-0.39, 0.29) is 11.9 Å². The number of carbonyl (C=O) groups excluding carboxylic acids is 1. The van der Waals surface area contributed by atoms with Crippen LogP contribution in [0.5, 0.6) is 11.5 Å². The summed E-state index contributed by atoms with van der Waals surface area (Å²) in [5.74, 6) is 1.44. The third-order valence-corrected chi connectivity index (χ3v) is 6.71. The first-order valence-electron chi connectivity index (χ1n) is 10.1. The fraction of sp³-hybridized carbons (Fsp3) is 0.292. The molecule has 3 aromatic rings.